The quantitative estimate of drug-likeness (QED) is 0.801. The maximum Gasteiger partial charge on any atom is 0.237 e. The monoisotopic (exact) mass is 281 g/mol. The molecule has 3 rings (SSSR count). The van der Waals surface area contributed by atoms with Crippen LogP contribution in [-0.2, 0) is 9.53 Å². The van der Waals surface area contributed by atoms with Gasteiger partial charge in [0.15, 0.2) is 0 Å². The number of carbonyl (C=O) groups excluding carboxylic acids is 1. The van der Waals surface area contributed by atoms with Crippen LogP contribution in [0.2, 0.25) is 0 Å². The summed E-state index contributed by atoms with van der Waals surface area (Å²) >= 11 is 0. The van der Waals surface area contributed by atoms with E-state index >= 15 is 0 Å². The fourth-order valence-electron chi connectivity index (χ4n) is 4.22. The van der Waals surface area contributed by atoms with Crippen LogP contribution in [0.3, 0.4) is 0 Å². The first-order valence-electron chi connectivity index (χ1n) is 7.92. The number of nitrogens with zero attached hydrogens (tertiary/aromatic N) is 2. The highest BCUT2D eigenvalue weighted by molar-refractivity contribution is 5.81. The summed E-state index contributed by atoms with van der Waals surface area (Å²) in [5, 5.41) is 2.80. The molecule has 0 aromatic heterocycles. The first kappa shape index (κ1) is 14.3. The molecule has 20 heavy (non-hydrogen) atoms. The minimum absolute atomic E-state index is 0.0835. The van der Waals surface area contributed by atoms with Gasteiger partial charge in [0, 0.05) is 45.9 Å². The number of amides is 1. The molecule has 0 aliphatic carbocycles. The Bertz CT molecular complexity index is 357. The lowest BCUT2D eigenvalue weighted by molar-refractivity contribution is -0.125. The van der Waals surface area contributed by atoms with E-state index in [9.17, 15) is 4.79 Å². The van der Waals surface area contributed by atoms with Crippen LogP contribution in [0.4, 0.5) is 0 Å². The summed E-state index contributed by atoms with van der Waals surface area (Å²) in [4.78, 5) is 16.8. The molecule has 3 atom stereocenters. The van der Waals surface area contributed by atoms with Gasteiger partial charge in [-0.3, -0.25) is 9.69 Å². The van der Waals surface area contributed by atoms with Crippen molar-refractivity contribution in [1.29, 1.82) is 0 Å². The number of carbonyl (C=O) groups is 1. The van der Waals surface area contributed by atoms with E-state index in [2.05, 4.69) is 22.2 Å². The minimum Gasteiger partial charge on any atom is -0.381 e. The van der Waals surface area contributed by atoms with Crippen molar-refractivity contribution in [3.8, 4) is 0 Å². The second-order valence-corrected chi connectivity index (χ2v) is 6.63. The molecule has 0 bridgehead atoms. The molecule has 0 aromatic rings. The highest BCUT2D eigenvalue weighted by Gasteiger charge is 2.46. The molecular formula is C15H27N3O2. The zero-order valence-electron chi connectivity index (χ0n) is 12.7. The SMILES string of the molecule is CNC(=O)[C@@H]1C[C@H]2CN(CC3CCOCC3)C[C@H]2N1C. The molecule has 0 unspecified atom stereocenters. The second-order valence-electron chi connectivity index (χ2n) is 6.63. The van der Waals surface area contributed by atoms with Gasteiger partial charge >= 0.3 is 0 Å². The molecule has 3 aliphatic rings. The zero-order chi connectivity index (χ0) is 14.1. The van der Waals surface area contributed by atoms with E-state index in [0.717, 1.165) is 32.1 Å². The van der Waals surface area contributed by atoms with E-state index in [1.165, 1.54) is 25.9 Å². The molecule has 3 fully saturated rings. The van der Waals surface area contributed by atoms with E-state index in [0.29, 0.717) is 12.0 Å². The van der Waals surface area contributed by atoms with Gasteiger partial charge < -0.3 is 15.0 Å². The Labute approximate surface area is 121 Å². The summed E-state index contributed by atoms with van der Waals surface area (Å²) in [5.41, 5.74) is 0. The smallest absolute Gasteiger partial charge is 0.237 e. The average molecular weight is 281 g/mol. The number of likely N-dealkylation sites (N-methyl/N-ethyl adjacent to an activating group) is 2. The molecule has 3 saturated heterocycles. The number of ether oxygens (including phenoxy) is 1. The highest BCUT2D eigenvalue weighted by atomic mass is 16.5. The van der Waals surface area contributed by atoms with Gasteiger partial charge in [0.05, 0.1) is 6.04 Å². The Kier molecular flexibility index (Phi) is 4.29. The molecule has 1 amide bonds. The fraction of sp³-hybridized carbons (Fsp3) is 0.933. The lowest BCUT2D eigenvalue weighted by Gasteiger charge is -2.29. The molecule has 3 aliphatic heterocycles. The summed E-state index contributed by atoms with van der Waals surface area (Å²) in [6.45, 7) is 5.38. The van der Waals surface area contributed by atoms with Gasteiger partial charge in [0.25, 0.3) is 0 Å². The third kappa shape index (κ3) is 2.71. The average Bonchev–Trinajstić information content (AvgIpc) is 2.99. The number of hydrogen-bond acceptors (Lipinski definition) is 4. The maximum absolute atomic E-state index is 11.9. The molecule has 114 valence electrons. The predicted molar refractivity (Wildman–Crippen MR) is 77.5 cm³/mol. The number of rotatable bonds is 3. The summed E-state index contributed by atoms with van der Waals surface area (Å²) < 4.78 is 5.44. The van der Waals surface area contributed by atoms with Crippen molar-refractivity contribution in [2.45, 2.75) is 31.3 Å². The van der Waals surface area contributed by atoms with Gasteiger partial charge in [0.1, 0.15) is 0 Å². The maximum atomic E-state index is 11.9. The molecule has 0 saturated carbocycles. The zero-order valence-corrected chi connectivity index (χ0v) is 12.7. The Morgan fingerprint density at radius 3 is 2.70 bits per heavy atom. The molecule has 3 heterocycles. The van der Waals surface area contributed by atoms with E-state index in [4.69, 9.17) is 4.74 Å². The van der Waals surface area contributed by atoms with Crippen LogP contribution >= 0.6 is 0 Å². The van der Waals surface area contributed by atoms with Crippen molar-refractivity contribution in [1.82, 2.24) is 15.1 Å². The minimum atomic E-state index is 0.0835. The summed E-state index contributed by atoms with van der Waals surface area (Å²) in [6, 6.07) is 0.650. The third-order valence-corrected chi connectivity index (χ3v) is 5.43. The van der Waals surface area contributed by atoms with Crippen LogP contribution in [0.25, 0.3) is 0 Å². The van der Waals surface area contributed by atoms with E-state index < -0.39 is 0 Å². The van der Waals surface area contributed by atoms with Gasteiger partial charge in [0.2, 0.25) is 5.91 Å². The molecule has 0 spiro atoms. The van der Waals surface area contributed by atoms with Crippen LogP contribution < -0.4 is 5.32 Å². The standard InChI is InChI=1S/C15H27N3O2/c1-16-15(19)13-7-12-9-18(10-14(12)17(13)2)8-11-3-5-20-6-4-11/h11-14H,3-10H2,1-2H3,(H,16,19)/t12-,13-,14+/m0/s1. The van der Waals surface area contributed by atoms with Crippen molar-refractivity contribution in [2.24, 2.45) is 11.8 Å². The van der Waals surface area contributed by atoms with Crippen LogP contribution in [0.1, 0.15) is 19.3 Å². The van der Waals surface area contributed by atoms with E-state index in [-0.39, 0.29) is 11.9 Å². The lowest BCUT2D eigenvalue weighted by Crippen LogP contribution is -2.45. The van der Waals surface area contributed by atoms with Crippen LogP contribution in [0.5, 0.6) is 0 Å². The Morgan fingerprint density at radius 2 is 2.05 bits per heavy atom. The molecule has 5 heteroatoms. The predicted octanol–water partition coefficient (Wildman–Crippen LogP) is 0.164. The van der Waals surface area contributed by atoms with Crippen molar-refractivity contribution in [3.63, 3.8) is 0 Å². The van der Waals surface area contributed by atoms with Gasteiger partial charge in [-0.2, -0.15) is 0 Å². The van der Waals surface area contributed by atoms with Crippen LogP contribution in [0, 0.1) is 11.8 Å². The van der Waals surface area contributed by atoms with Gasteiger partial charge in [-0.05, 0) is 38.1 Å². The van der Waals surface area contributed by atoms with Crippen molar-refractivity contribution in [3.05, 3.63) is 0 Å². The molecule has 0 radical (unpaired) electrons. The summed E-state index contributed by atoms with van der Waals surface area (Å²) in [6.07, 6.45) is 3.44. The lowest BCUT2D eigenvalue weighted by atomic mass is 9.99. The second kappa shape index (κ2) is 6.00. The van der Waals surface area contributed by atoms with Crippen molar-refractivity contribution in [2.75, 3.05) is 46.9 Å². The Hall–Kier alpha value is -0.650. The highest BCUT2D eigenvalue weighted by Crippen LogP contribution is 2.35. The number of nitrogens with one attached hydrogen (secondary N) is 1. The van der Waals surface area contributed by atoms with Crippen LogP contribution in [0.15, 0.2) is 0 Å². The number of fused-ring (bicyclic) bond motifs is 1. The number of likely N-dealkylation sites (tertiary alicyclic amines) is 2. The van der Waals surface area contributed by atoms with Gasteiger partial charge in [-0.25, -0.2) is 0 Å². The third-order valence-electron chi connectivity index (χ3n) is 5.43. The molecular weight excluding hydrogens is 254 g/mol. The fourth-order valence-corrected chi connectivity index (χ4v) is 4.22. The first-order valence-corrected chi connectivity index (χ1v) is 7.92. The van der Waals surface area contributed by atoms with Gasteiger partial charge in [-0.15, -0.1) is 0 Å². The normalized spacial score (nSPS) is 36.2. The molecule has 5 nitrogen and oxygen atoms in total. The first-order chi connectivity index (χ1) is 9.69. The van der Waals surface area contributed by atoms with Crippen molar-refractivity contribution < 1.29 is 9.53 Å². The largest absolute Gasteiger partial charge is 0.381 e. The Balaban J connectivity index is 1.52. The van der Waals surface area contributed by atoms with Crippen LogP contribution in [-0.4, -0.2) is 74.7 Å². The van der Waals surface area contributed by atoms with Gasteiger partial charge in [-0.1, -0.05) is 0 Å². The van der Waals surface area contributed by atoms with E-state index in [1.807, 2.05) is 0 Å². The van der Waals surface area contributed by atoms with E-state index in [1.54, 1.807) is 7.05 Å². The summed E-state index contributed by atoms with van der Waals surface area (Å²) in [7, 11) is 3.85. The molecule has 1 N–H and O–H groups in total. The Morgan fingerprint density at radius 1 is 1.30 bits per heavy atom. The topological polar surface area (TPSA) is 44.8 Å². The van der Waals surface area contributed by atoms with Crippen molar-refractivity contribution >= 4 is 5.91 Å². The number of hydrogen-bond donors (Lipinski definition) is 1. The summed E-state index contributed by atoms with van der Waals surface area (Å²) in [5.74, 6) is 1.66. The molecule has 0 aromatic carbocycles.